The van der Waals surface area contributed by atoms with Crippen LogP contribution in [0, 0.1) is 52.4 Å². The molecule has 0 saturated carbocycles. The zero-order valence-corrected chi connectivity index (χ0v) is 31.9. The van der Waals surface area contributed by atoms with Crippen molar-refractivity contribution in [2.24, 2.45) is 0 Å². The topological polar surface area (TPSA) is 6.48 Å². The van der Waals surface area contributed by atoms with E-state index >= 15 is 17.6 Å². The minimum Gasteiger partial charge on any atom is -0.311 e. The van der Waals surface area contributed by atoms with Gasteiger partial charge in [0.25, 0.3) is 0 Å². The van der Waals surface area contributed by atoms with Crippen LogP contribution in [0.3, 0.4) is 0 Å². The summed E-state index contributed by atoms with van der Waals surface area (Å²) in [5.41, 5.74) is -1.84. The van der Waals surface area contributed by atoms with Gasteiger partial charge in [-0.3, -0.25) is 0 Å². The summed E-state index contributed by atoms with van der Waals surface area (Å²) in [5.74, 6) is -21.8. The molecule has 0 aliphatic carbocycles. The van der Waals surface area contributed by atoms with Crippen LogP contribution >= 0.6 is 0 Å². The lowest BCUT2D eigenvalue weighted by molar-refractivity contribution is -0.143. The lowest BCUT2D eigenvalue weighted by Crippen LogP contribution is -2.21. The quantitative estimate of drug-likeness (QED) is 0.0810. The monoisotopic (exact) mass is 870 g/mol. The molecular formula is C49H26F12N2. The lowest BCUT2D eigenvalue weighted by Gasteiger charge is -2.29. The van der Waals surface area contributed by atoms with Crippen LogP contribution in [0.25, 0.3) is 33.4 Å². The van der Waals surface area contributed by atoms with Gasteiger partial charge in [-0.25, -0.2) is 39.5 Å². The summed E-state index contributed by atoms with van der Waals surface area (Å²) in [6, 6.07) is 42.7. The number of nitrogens with zero attached hydrogens (tertiary/aromatic N) is 2. The maximum Gasteiger partial charge on any atom is 0.422 e. The zero-order chi connectivity index (χ0) is 44.7. The Kier molecular flexibility index (Phi) is 11.2. The van der Waals surface area contributed by atoms with Crippen molar-refractivity contribution >= 4 is 34.1 Å². The summed E-state index contributed by atoms with van der Waals surface area (Å²) in [7, 11) is 0. The molecule has 0 fully saturated rings. The Morgan fingerprint density at radius 1 is 0.270 bits per heavy atom. The first-order chi connectivity index (χ1) is 30.1. The fourth-order valence-electron chi connectivity index (χ4n) is 7.17. The summed E-state index contributed by atoms with van der Waals surface area (Å²) in [4.78, 5) is 2.31. The molecule has 0 radical (unpaired) electrons. The van der Waals surface area contributed by atoms with Crippen molar-refractivity contribution < 1.29 is 52.7 Å². The van der Waals surface area contributed by atoms with Gasteiger partial charge in [0.1, 0.15) is 11.3 Å². The highest BCUT2D eigenvalue weighted by atomic mass is 19.4. The van der Waals surface area contributed by atoms with Crippen molar-refractivity contribution in [3.05, 3.63) is 216 Å². The zero-order valence-electron chi connectivity index (χ0n) is 31.9. The van der Waals surface area contributed by atoms with Gasteiger partial charge < -0.3 is 9.80 Å². The van der Waals surface area contributed by atoms with E-state index in [2.05, 4.69) is 0 Å². The maximum absolute atomic E-state index is 15.8. The van der Waals surface area contributed by atoms with E-state index in [0.29, 0.717) is 22.0 Å². The number of benzene rings is 8. The molecule has 0 atom stereocenters. The summed E-state index contributed by atoms with van der Waals surface area (Å²) in [6.07, 6.45) is -5.86. The molecule has 14 heteroatoms. The third-order valence-corrected chi connectivity index (χ3v) is 10.2. The first-order valence-electron chi connectivity index (χ1n) is 18.7. The Hall–Kier alpha value is -7.48. The van der Waals surface area contributed by atoms with Crippen molar-refractivity contribution in [3.8, 4) is 33.4 Å². The van der Waals surface area contributed by atoms with Crippen LogP contribution < -0.4 is 9.80 Å². The van der Waals surface area contributed by atoms with Crippen molar-refractivity contribution in [2.45, 2.75) is 6.18 Å². The van der Waals surface area contributed by atoms with Crippen molar-refractivity contribution in [1.29, 1.82) is 0 Å². The average molecular weight is 871 g/mol. The Labute approximate surface area is 351 Å². The lowest BCUT2D eigenvalue weighted by atomic mass is 10.0. The minimum absolute atomic E-state index is 0.294. The first kappa shape index (κ1) is 42.2. The van der Waals surface area contributed by atoms with E-state index in [1.807, 2.05) is 114 Å². The van der Waals surface area contributed by atoms with Gasteiger partial charge in [-0.1, -0.05) is 97.1 Å². The smallest absolute Gasteiger partial charge is 0.311 e. The Bertz CT molecular complexity index is 2800. The number of alkyl halides is 3. The molecule has 0 heterocycles. The van der Waals surface area contributed by atoms with E-state index in [0.717, 1.165) is 46.5 Å². The van der Waals surface area contributed by atoms with Crippen molar-refractivity contribution in [3.63, 3.8) is 0 Å². The highest BCUT2D eigenvalue weighted by Crippen LogP contribution is 2.46. The molecule has 8 rings (SSSR count). The first-order valence-corrected chi connectivity index (χ1v) is 18.7. The predicted molar refractivity (Wildman–Crippen MR) is 217 cm³/mol. The standard InChI is InChI=1S/C49H26F12N2/c50-39-37(40(51)44(55)45(56)43(39)54)31-15-21-35(22-16-31)63(48-46(57)41(52)38(49(59,60)61)42(53)47(48)58)36-25-23-34(24-26-36)62(32-17-11-29(12-18-32)27-7-3-1-4-8-27)33-19-13-30(14-20-33)28-9-5-2-6-10-28/h1-26H. The van der Waals surface area contributed by atoms with Crippen LogP contribution in [-0.2, 0) is 6.18 Å². The SMILES string of the molecule is Fc1c(F)c(F)c(-c2ccc(N(c3ccc(N(c4ccc(-c5ccccc5)cc4)c4ccc(-c5ccccc5)cc4)cc3)c3c(F)c(F)c(C(F)(F)F)c(F)c3F)cc2)c(F)c1F. The predicted octanol–water partition coefficient (Wildman–Crippen LogP) is 15.9. The summed E-state index contributed by atoms with van der Waals surface area (Å²) in [5, 5.41) is 0. The molecule has 0 aliphatic rings. The molecule has 0 spiro atoms. The highest BCUT2D eigenvalue weighted by Gasteiger charge is 2.43. The van der Waals surface area contributed by atoms with E-state index in [-0.39, 0.29) is 5.69 Å². The number of hydrogen-bond donors (Lipinski definition) is 0. The normalized spacial score (nSPS) is 11.5. The van der Waals surface area contributed by atoms with E-state index in [4.69, 9.17) is 0 Å². The molecule has 0 N–H and O–H groups in total. The molecule has 0 saturated heterocycles. The number of rotatable bonds is 9. The largest absolute Gasteiger partial charge is 0.422 e. The molecule has 2 nitrogen and oxygen atoms in total. The minimum atomic E-state index is -5.86. The van der Waals surface area contributed by atoms with Gasteiger partial charge >= 0.3 is 6.18 Å². The second-order valence-corrected chi connectivity index (χ2v) is 14.0. The fourth-order valence-corrected chi connectivity index (χ4v) is 7.17. The average Bonchev–Trinajstić information content (AvgIpc) is 3.30. The molecule has 8 aromatic rings. The van der Waals surface area contributed by atoms with Crippen LogP contribution in [-0.4, -0.2) is 0 Å². The molecule has 0 unspecified atom stereocenters. The van der Waals surface area contributed by atoms with Gasteiger partial charge in [0.2, 0.25) is 5.82 Å². The van der Waals surface area contributed by atoms with Gasteiger partial charge in [-0.15, -0.1) is 0 Å². The van der Waals surface area contributed by atoms with Crippen LogP contribution in [0.5, 0.6) is 0 Å². The molecule has 0 aromatic heterocycles. The van der Waals surface area contributed by atoms with Gasteiger partial charge in [0.05, 0.1) is 5.56 Å². The molecular weight excluding hydrogens is 845 g/mol. The third kappa shape index (κ3) is 7.84. The number of anilines is 6. The Morgan fingerprint density at radius 3 is 0.905 bits per heavy atom. The second kappa shape index (κ2) is 16.8. The molecule has 316 valence electrons. The van der Waals surface area contributed by atoms with Gasteiger partial charge in [-0.2, -0.15) is 13.2 Å². The summed E-state index contributed by atoms with van der Waals surface area (Å²) >= 11 is 0. The van der Waals surface area contributed by atoms with Crippen LogP contribution in [0.1, 0.15) is 5.56 Å². The van der Waals surface area contributed by atoms with Gasteiger partial charge in [0.15, 0.2) is 46.5 Å². The molecule has 0 aliphatic heterocycles. The van der Waals surface area contributed by atoms with Crippen molar-refractivity contribution in [1.82, 2.24) is 0 Å². The maximum atomic E-state index is 15.8. The molecule has 0 amide bonds. The van der Waals surface area contributed by atoms with E-state index < -0.39 is 86.6 Å². The van der Waals surface area contributed by atoms with Gasteiger partial charge in [0, 0.05) is 28.4 Å². The Morgan fingerprint density at radius 2 is 0.556 bits per heavy atom. The number of halogens is 12. The van der Waals surface area contributed by atoms with Crippen LogP contribution in [0.4, 0.5) is 86.8 Å². The van der Waals surface area contributed by atoms with E-state index in [9.17, 15) is 35.1 Å². The van der Waals surface area contributed by atoms with Gasteiger partial charge in [-0.05, 0) is 88.5 Å². The summed E-state index contributed by atoms with van der Waals surface area (Å²) in [6.45, 7) is 0. The third-order valence-electron chi connectivity index (χ3n) is 10.2. The highest BCUT2D eigenvalue weighted by molar-refractivity contribution is 5.84. The fraction of sp³-hybridized carbons (Fsp3) is 0.0204. The van der Waals surface area contributed by atoms with Crippen LogP contribution in [0.15, 0.2) is 158 Å². The molecule has 63 heavy (non-hydrogen) atoms. The van der Waals surface area contributed by atoms with Crippen LogP contribution in [0.2, 0.25) is 0 Å². The number of hydrogen-bond acceptors (Lipinski definition) is 2. The Balaban J connectivity index is 1.26. The van der Waals surface area contributed by atoms with E-state index in [1.165, 1.54) is 24.3 Å². The molecule has 0 bridgehead atoms. The van der Waals surface area contributed by atoms with E-state index in [1.54, 1.807) is 0 Å². The molecule has 8 aromatic carbocycles. The second-order valence-electron chi connectivity index (χ2n) is 14.0. The van der Waals surface area contributed by atoms with Crippen molar-refractivity contribution in [2.75, 3.05) is 9.80 Å². The summed E-state index contributed by atoms with van der Waals surface area (Å²) < 4.78 is 174.